The first-order chi connectivity index (χ1) is 12.4. The van der Waals surface area contributed by atoms with Gasteiger partial charge in [-0.2, -0.15) is 0 Å². The Morgan fingerprint density at radius 3 is 2.43 bits per heavy atom. The number of imidazole rings is 1. The van der Waals surface area contributed by atoms with Crippen LogP contribution in [0.2, 0.25) is 0 Å². The summed E-state index contributed by atoms with van der Waals surface area (Å²) in [5.74, 6) is -1.44. The van der Waals surface area contributed by atoms with Gasteiger partial charge >= 0.3 is 5.97 Å². The lowest BCUT2D eigenvalue weighted by atomic mass is 10.2. The van der Waals surface area contributed by atoms with E-state index in [2.05, 4.69) is 25.3 Å². The van der Waals surface area contributed by atoms with Crippen LogP contribution in [0.1, 0.15) is 19.0 Å². The molecule has 0 fully saturated rings. The van der Waals surface area contributed by atoms with Gasteiger partial charge in [0.25, 0.3) is 0 Å². The molecule has 1 rings (SSSR count). The van der Waals surface area contributed by atoms with Crippen LogP contribution in [0.25, 0.3) is 0 Å². The second-order valence-electron chi connectivity index (χ2n) is 5.35. The SMILES string of the molecule is COC(=O)C(CSC(=O)[C@H](Cc1cnc[nH]1)NC(=O)CCN)NC(C)=O.Cl.Cl. The Kier molecular flexibility index (Phi) is 15.4. The number of hydrogen-bond acceptors (Lipinski definition) is 8. The van der Waals surface area contributed by atoms with Crippen molar-refractivity contribution in [2.45, 2.75) is 31.8 Å². The Balaban J connectivity index is 0. The Labute approximate surface area is 179 Å². The molecule has 1 aromatic heterocycles. The number of nitrogens with one attached hydrogen (secondary N) is 3. The van der Waals surface area contributed by atoms with E-state index in [0.717, 1.165) is 11.8 Å². The minimum Gasteiger partial charge on any atom is -0.467 e. The van der Waals surface area contributed by atoms with Gasteiger partial charge in [-0.3, -0.25) is 14.4 Å². The van der Waals surface area contributed by atoms with Gasteiger partial charge in [0.15, 0.2) is 0 Å². The Bertz CT molecular complexity index is 632. The fourth-order valence-electron chi connectivity index (χ4n) is 2.03. The van der Waals surface area contributed by atoms with E-state index in [1.165, 1.54) is 20.4 Å². The molecule has 0 bridgehead atoms. The number of thioether (sulfide) groups is 1. The minimum absolute atomic E-state index is 0. The summed E-state index contributed by atoms with van der Waals surface area (Å²) >= 11 is 0.826. The maximum Gasteiger partial charge on any atom is 0.329 e. The van der Waals surface area contributed by atoms with Gasteiger partial charge in [-0.1, -0.05) is 11.8 Å². The van der Waals surface area contributed by atoms with Gasteiger partial charge in [0.2, 0.25) is 16.9 Å². The number of carbonyl (C=O) groups excluding carboxylic acids is 4. The number of carbonyl (C=O) groups is 4. The molecule has 0 saturated heterocycles. The van der Waals surface area contributed by atoms with E-state index >= 15 is 0 Å². The van der Waals surface area contributed by atoms with Crippen molar-refractivity contribution in [3.8, 4) is 0 Å². The van der Waals surface area contributed by atoms with Gasteiger partial charge in [0, 0.05) is 44.0 Å². The van der Waals surface area contributed by atoms with Gasteiger partial charge in [0.05, 0.1) is 13.4 Å². The number of nitrogens with zero attached hydrogens (tertiary/aromatic N) is 1. The number of hydrogen-bond donors (Lipinski definition) is 4. The van der Waals surface area contributed by atoms with Crippen molar-refractivity contribution in [2.24, 2.45) is 5.73 Å². The third-order valence-corrected chi connectivity index (χ3v) is 4.29. The summed E-state index contributed by atoms with van der Waals surface area (Å²) in [6.07, 6.45) is 3.32. The highest BCUT2D eigenvalue weighted by Crippen LogP contribution is 2.12. The number of H-pyrrole nitrogens is 1. The summed E-state index contributed by atoms with van der Waals surface area (Å²) in [6.45, 7) is 1.42. The molecule has 0 aliphatic carbocycles. The van der Waals surface area contributed by atoms with Gasteiger partial charge in [-0.15, -0.1) is 24.8 Å². The highest BCUT2D eigenvalue weighted by molar-refractivity contribution is 8.13. The number of amides is 2. The van der Waals surface area contributed by atoms with Crippen LogP contribution in [0, 0.1) is 0 Å². The molecule has 2 atom stereocenters. The van der Waals surface area contributed by atoms with E-state index in [4.69, 9.17) is 5.73 Å². The third-order valence-electron chi connectivity index (χ3n) is 3.23. The summed E-state index contributed by atoms with van der Waals surface area (Å²) in [5.41, 5.74) is 6.02. The molecule has 0 radical (unpaired) electrons. The molecule has 0 spiro atoms. The molecule has 5 N–H and O–H groups in total. The molecule has 0 aromatic carbocycles. The van der Waals surface area contributed by atoms with Crippen molar-refractivity contribution in [2.75, 3.05) is 19.4 Å². The summed E-state index contributed by atoms with van der Waals surface area (Å²) < 4.78 is 4.61. The van der Waals surface area contributed by atoms with Crippen LogP contribution in [0.3, 0.4) is 0 Å². The van der Waals surface area contributed by atoms with E-state index in [0.29, 0.717) is 5.69 Å². The molecule has 1 aromatic rings. The molecule has 160 valence electrons. The maximum absolute atomic E-state index is 12.5. The van der Waals surface area contributed by atoms with Gasteiger partial charge in [-0.25, -0.2) is 9.78 Å². The smallest absolute Gasteiger partial charge is 0.329 e. The number of nitrogens with two attached hydrogens (primary N) is 1. The molecule has 13 heteroatoms. The molecule has 10 nitrogen and oxygen atoms in total. The van der Waals surface area contributed by atoms with E-state index in [9.17, 15) is 19.2 Å². The van der Waals surface area contributed by atoms with Crippen LogP contribution in [-0.2, 0) is 30.3 Å². The van der Waals surface area contributed by atoms with Crippen molar-refractivity contribution in [3.05, 3.63) is 18.2 Å². The zero-order valence-electron chi connectivity index (χ0n) is 15.4. The van der Waals surface area contributed by atoms with Crippen molar-refractivity contribution in [1.82, 2.24) is 20.6 Å². The van der Waals surface area contributed by atoms with Crippen LogP contribution in [0.4, 0.5) is 0 Å². The molecule has 28 heavy (non-hydrogen) atoms. The number of aromatic nitrogens is 2. The van der Waals surface area contributed by atoms with Crippen LogP contribution in [0.15, 0.2) is 12.5 Å². The van der Waals surface area contributed by atoms with Crippen LogP contribution < -0.4 is 16.4 Å². The zero-order valence-corrected chi connectivity index (χ0v) is 17.9. The van der Waals surface area contributed by atoms with Crippen molar-refractivity contribution < 1.29 is 23.9 Å². The number of aromatic amines is 1. The fourth-order valence-corrected chi connectivity index (χ4v) is 2.92. The minimum atomic E-state index is -0.959. The number of methoxy groups -OCH3 is 1. The molecule has 2 amide bonds. The quantitative estimate of drug-likeness (QED) is 0.344. The summed E-state index contributed by atoms with van der Waals surface area (Å²) in [6, 6.07) is -1.78. The lowest BCUT2D eigenvalue weighted by Gasteiger charge is -2.19. The Morgan fingerprint density at radius 1 is 1.25 bits per heavy atom. The standard InChI is InChI=1S/C15H23N5O5S.2ClH/c1-9(21)19-12(14(23)25-2)7-26-15(24)11(20-13(22)3-4-16)5-10-6-17-8-18-10;;/h6,8,11-12H,3-5,7,16H2,1-2H3,(H,17,18)(H,19,21)(H,20,22);2*1H/t11-,12?;;/m0../s1. The second-order valence-corrected chi connectivity index (χ2v) is 6.37. The predicted molar refractivity (Wildman–Crippen MR) is 109 cm³/mol. The topological polar surface area (TPSA) is 156 Å². The molecule has 0 aliphatic heterocycles. The first-order valence-electron chi connectivity index (χ1n) is 7.85. The van der Waals surface area contributed by atoms with Crippen LogP contribution >= 0.6 is 36.6 Å². The average Bonchev–Trinajstić information content (AvgIpc) is 3.10. The zero-order chi connectivity index (χ0) is 19.5. The molecule has 0 aliphatic rings. The third kappa shape index (κ3) is 10.5. The number of ether oxygens (including phenoxy) is 1. The van der Waals surface area contributed by atoms with Crippen molar-refractivity contribution >= 4 is 59.5 Å². The number of rotatable bonds is 10. The van der Waals surface area contributed by atoms with Crippen molar-refractivity contribution in [1.29, 1.82) is 0 Å². The average molecular weight is 458 g/mol. The van der Waals surface area contributed by atoms with Crippen molar-refractivity contribution in [3.63, 3.8) is 0 Å². The normalized spacial score (nSPS) is 11.8. The predicted octanol–water partition coefficient (Wildman–Crippen LogP) is -0.433. The highest BCUT2D eigenvalue weighted by atomic mass is 35.5. The van der Waals surface area contributed by atoms with E-state index < -0.39 is 24.0 Å². The highest BCUT2D eigenvalue weighted by Gasteiger charge is 2.26. The largest absolute Gasteiger partial charge is 0.467 e. The maximum atomic E-state index is 12.5. The summed E-state index contributed by atoms with van der Waals surface area (Å²) in [5, 5.41) is 4.69. The molecular weight excluding hydrogens is 433 g/mol. The Hall–Kier alpha value is -1.82. The van der Waals surface area contributed by atoms with Crippen LogP contribution in [-0.4, -0.2) is 64.4 Å². The Morgan fingerprint density at radius 2 is 1.93 bits per heavy atom. The van der Waals surface area contributed by atoms with Gasteiger partial charge in [0.1, 0.15) is 12.1 Å². The molecular formula is C15H25Cl2N5O5S. The molecule has 0 saturated carbocycles. The van der Waals surface area contributed by atoms with Gasteiger partial charge < -0.3 is 26.1 Å². The van der Waals surface area contributed by atoms with Gasteiger partial charge in [-0.05, 0) is 0 Å². The lowest BCUT2D eigenvalue weighted by molar-refractivity contribution is -0.144. The number of esters is 1. The number of halogens is 2. The van der Waals surface area contributed by atoms with E-state index in [1.54, 1.807) is 6.20 Å². The first kappa shape index (κ1) is 28.4. The molecule has 1 unspecified atom stereocenters. The summed E-state index contributed by atoms with van der Waals surface area (Å²) in [4.78, 5) is 54.0. The van der Waals surface area contributed by atoms with E-state index in [1.807, 2.05) is 0 Å². The van der Waals surface area contributed by atoms with Crippen LogP contribution in [0.5, 0.6) is 0 Å². The molecule has 1 heterocycles. The second kappa shape index (κ2) is 15.1. The lowest BCUT2D eigenvalue weighted by Crippen LogP contribution is -2.45. The summed E-state index contributed by atoms with van der Waals surface area (Å²) in [7, 11) is 1.19. The fraction of sp³-hybridized carbons (Fsp3) is 0.533. The first-order valence-corrected chi connectivity index (χ1v) is 8.84. The van der Waals surface area contributed by atoms with E-state index in [-0.39, 0.29) is 61.0 Å². The monoisotopic (exact) mass is 457 g/mol.